The van der Waals surface area contributed by atoms with Crippen molar-refractivity contribution in [1.29, 1.82) is 0 Å². The summed E-state index contributed by atoms with van der Waals surface area (Å²) in [6.45, 7) is 5.50. The number of aryl methyl sites for hydroxylation is 1. The molecule has 0 fully saturated rings. The van der Waals surface area contributed by atoms with Crippen LogP contribution in [0, 0.1) is 0 Å². The van der Waals surface area contributed by atoms with Gasteiger partial charge in [0.05, 0.1) is 0 Å². The fraction of sp³-hybridized carbons (Fsp3) is 0.143. The summed E-state index contributed by atoms with van der Waals surface area (Å²) in [5.41, 5.74) is 2.51. The molecule has 0 aliphatic heterocycles. The maximum atomic E-state index is 12.3. The molecule has 0 bridgehead atoms. The standard InChI is InChI=1S/C21H20O3/c1-3-7-16-10-12-17(13-11-16)19(22)15-14-18-8-5-6-9-20(18)24-21(23)4-2/h4-6,8-15H,2-3,7H2,1H3. The van der Waals surface area contributed by atoms with Crippen molar-refractivity contribution in [3.8, 4) is 5.75 Å². The fourth-order valence-corrected chi connectivity index (χ4v) is 2.25. The minimum Gasteiger partial charge on any atom is -0.423 e. The summed E-state index contributed by atoms with van der Waals surface area (Å²) in [6, 6.07) is 14.6. The Morgan fingerprint density at radius 3 is 2.46 bits per heavy atom. The highest BCUT2D eigenvalue weighted by molar-refractivity contribution is 6.07. The van der Waals surface area contributed by atoms with Crippen LogP contribution in [0.4, 0.5) is 0 Å². The number of esters is 1. The van der Waals surface area contributed by atoms with Gasteiger partial charge in [-0.25, -0.2) is 4.79 Å². The third kappa shape index (κ3) is 4.78. The zero-order valence-electron chi connectivity index (χ0n) is 13.7. The van der Waals surface area contributed by atoms with Gasteiger partial charge in [0.15, 0.2) is 5.78 Å². The molecule has 0 heterocycles. The van der Waals surface area contributed by atoms with Gasteiger partial charge < -0.3 is 4.74 Å². The first-order valence-electron chi connectivity index (χ1n) is 7.88. The molecule has 0 aliphatic carbocycles. The van der Waals surface area contributed by atoms with Crippen molar-refractivity contribution in [3.05, 3.63) is 84.0 Å². The van der Waals surface area contributed by atoms with Gasteiger partial charge in [0.25, 0.3) is 0 Å². The van der Waals surface area contributed by atoms with Crippen LogP contribution >= 0.6 is 0 Å². The molecule has 0 N–H and O–H groups in total. The molecule has 0 aromatic heterocycles. The van der Waals surface area contributed by atoms with E-state index < -0.39 is 5.97 Å². The summed E-state index contributed by atoms with van der Waals surface area (Å²) >= 11 is 0. The topological polar surface area (TPSA) is 43.4 Å². The van der Waals surface area contributed by atoms with Crippen molar-refractivity contribution in [2.45, 2.75) is 19.8 Å². The van der Waals surface area contributed by atoms with E-state index in [-0.39, 0.29) is 5.78 Å². The van der Waals surface area contributed by atoms with Crippen molar-refractivity contribution in [2.75, 3.05) is 0 Å². The number of ketones is 1. The molecular formula is C21H20O3. The van der Waals surface area contributed by atoms with Crippen LogP contribution in [-0.4, -0.2) is 11.8 Å². The fourth-order valence-electron chi connectivity index (χ4n) is 2.25. The van der Waals surface area contributed by atoms with Gasteiger partial charge in [-0.05, 0) is 30.2 Å². The van der Waals surface area contributed by atoms with E-state index in [1.54, 1.807) is 24.3 Å². The first-order chi connectivity index (χ1) is 11.6. The summed E-state index contributed by atoms with van der Waals surface area (Å²) in [4.78, 5) is 23.6. The number of rotatable bonds is 7. The second kappa shape index (κ2) is 8.63. The summed E-state index contributed by atoms with van der Waals surface area (Å²) in [5, 5.41) is 0. The highest BCUT2D eigenvalue weighted by Crippen LogP contribution is 2.20. The largest absolute Gasteiger partial charge is 0.423 e. The molecule has 3 nitrogen and oxygen atoms in total. The van der Waals surface area contributed by atoms with E-state index in [0.29, 0.717) is 16.9 Å². The number of benzene rings is 2. The maximum absolute atomic E-state index is 12.3. The van der Waals surface area contributed by atoms with Crippen LogP contribution in [0.3, 0.4) is 0 Å². The maximum Gasteiger partial charge on any atom is 0.335 e. The van der Waals surface area contributed by atoms with Crippen molar-refractivity contribution in [1.82, 2.24) is 0 Å². The third-order valence-electron chi connectivity index (χ3n) is 3.49. The predicted octanol–water partition coefficient (Wildman–Crippen LogP) is 4.63. The Morgan fingerprint density at radius 2 is 1.79 bits per heavy atom. The minimum absolute atomic E-state index is 0.0945. The first kappa shape index (κ1) is 17.4. The van der Waals surface area contributed by atoms with E-state index in [1.807, 2.05) is 30.3 Å². The molecule has 0 aliphatic rings. The van der Waals surface area contributed by atoms with Crippen LogP contribution in [0.15, 0.2) is 67.3 Å². The zero-order chi connectivity index (χ0) is 17.4. The average molecular weight is 320 g/mol. The highest BCUT2D eigenvalue weighted by Gasteiger charge is 2.06. The van der Waals surface area contributed by atoms with E-state index >= 15 is 0 Å². The number of allylic oxidation sites excluding steroid dienone is 1. The first-order valence-corrected chi connectivity index (χ1v) is 7.88. The molecule has 0 unspecified atom stereocenters. The van der Waals surface area contributed by atoms with Gasteiger partial charge in [-0.3, -0.25) is 4.79 Å². The van der Waals surface area contributed by atoms with E-state index in [1.165, 1.54) is 11.6 Å². The number of hydrogen-bond donors (Lipinski definition) is 0. The third-order valence-corrected chi connectivity index (χ3v) is 3.49. The van der Waals surface area contributed by atoms with Gasteiger partial charge >= 0.3 is 5.97 Å². The summed E-state index contributed by atoms with van der Waals surface area (Å²) < 4.78 is 5.16. The zero-order valence-corrected chi connectivity index (χ0v) is 13.7. The van der Waals surface area contributed by atoms with E-state index in [2.05, 4.69) is 13.5 Å². The van der Waals surface area contributed by atoms with Gasteiger partial charge in [-0.2, -0.15) is 0 Å². The Kier molecular flexibility index (Phi) is 6.26. The molecule has 2 aromatic rings. The van der Waals surface area contributed by atoms with E-state index in [9.17, 15) is 9.59 Å². The van der Waals surface area contributed by atoms with Gasteiger partial charge in [0.2, 0.25) is 0 Å². The van der Waals surface area contributed by atoms with Crippen molar-refractivity contribution in [3.63, 3.8) is 0 Å². The molecule has 3 heteroatoms. The molecular weight excluding hydrogens is 300 g/mol. The molecule has 0 atom stereocenters. The molecule has 0 spiro atoms. The minimum atomic E-state index is -0.534. The monoisotopic (exact) mass is 320 g/mol. The Hall–Kier alpha value is -2.94. The molecule has 0 saturated carbocycles. The van der Waals surface area contributed by atoms with E-state index in [0.717, 1.165) is 18.9 Å². The molecule has 2 aromatic carbocycles. The SMILES string of the molecule is C=CC(=O)Oc1ccccc1C=CC(=O)c1ccc(CCC)cc1. The van der Waals surface area contributed by atoms with Crippen LogP contribution in [0.5, 0.6) is 5.75 Å². The van der Waals surface area contributed by atoms with Crippen LogP contribution in [0.2, 0.25) is 0 Å². The van der Waals surface area contributed by atoms with Gasteiger partial charge in [-0.15, -0.1) is 0 Å². The number of carbonyl (C=O) groups excluding carboxylic acids is 2. The summed E-state index contributed by atoms with van der Waals surface area (Å²) in [6.07, 6.45) is 6.31. The number of ether oxygens (including phenoxy) is 1. The van der Waals surface area contributed by atoms with Gasteiger partial charge in [-0.1, -0.05) is 62.4 Å². The molecule has 0 radical (unpaired) electrons. The Balaban J connectivity index is 2.14. The Labute approximate surface area is 142 Å². The van der Waals surface area contributed by atoms with Crippen molar-refractivity contribution in [2.24, 2.45) is 0 Å². The van der Waals surface area contributed by atoms with Crippen LogP contribution in [-0.2, 0) is 11.2 Å². The normalized spacial score (nSPS) is 10.5. The molecule has 0 saturated heterocycles. The predicted molar refractivity (Wildman–Crippen MR) is 96.1 cm³/mol. The summed E-state index contributed by atoms with van der Waals surface area (Å²) in [5.74, 6) is -0.235. The Bertz CT molecular complexity index is 755. The van der Waals surface area contributed by atoms with Crippen LogP contribution < -0.4 is 4.74 Å². The lowest BCUT2D eigenvalue weighted by atomic mass is 10.0. The smallest absolute Gasteiger partial charge is 0.335 e. The molecule has 0 amide bonds. The quantitative estimate of drug-likeness (QED) is 0.323. The highest BCUT2D eigenvalue weighted by atomic mass is 16.5. The lowest BCUT2D eigenvalue weighted by molar-refractivity contribution is -0.128. The molecule has 122 valence electrons. The number of carbonyl (C=O) groups is 2. The average Bonchev–Trinajstić information content (AvgIpc) is 2.61. The van der Waals surface area contributed by atoms with E-state index in [4.69, 9.17) is 4.74 Å². The molecule has 24 heavy (non-hydrogen) atoms. The number of hydrogen-bond acceptors (Lipinski definition) is 3. The van der Waals surface area contributed by atoms with Crippen LogP contribution in [0.1, 0.15) is 34.8 Å². The molecule has 2 rings (SSSR count). The van der Waals surface area contributed by atoms with Crippen LogP contribution in [0.25, 0.3) is 6.08 Å². The summed E-state index contributed by atoms with van der Waals surface area (Å²) in [7, 11) is 0. The second-order valence-corrected chi connectivity index (χ2v) is 5.31. The lowest BCUT2D eigenvalue weighted by Crippen LogP contribution is -2.04. The number of para-hydroxylation sites is 1. The lowest BCUT2D eigenvalue weighted by Gasteiger charge is -2.05. The second-order valence-electron chi connectivity index (χ2n) is 5.31. The van der Waals surface area contributed by atoms with Gasteiger partial charge in [0, 0.05) is 17.2 Å². The van der Waals surface area contributed by atoms with Crippen molar-refractivity contribution >= 4 is 17.8 Å². The van der Waals surface area contributed by atoms with Crippen molar-refractivity contribution < 1.29 is 14.3 Å². The van der Waals surface area contributed by atoms with Gasteiger partial charge in [0.1, 0.15) is 5.75 Å². The Morgan fingerprint density at radius 1 is 1.08 bits per heavy atom.